The summed E-state index contributed by atoms with van der Waals surface area (Å²) in [7, 11) is 0. The smallest absolute Gasteiger partial charge is 0.126 e. The number of benzene rings is 1. The molecule has 18 heavy (non-hydrogen) atoms. The molecule has 2 aromatic rings. The third kappa shape index (κ3) is 2.53. The first-order valence-corrected chi connectivity index (χ1v) is 6.70. The molecule has 2 heteroatoms. The van der Waals surface area contributed by atoms with Gasteiger partial charge in [0.15, 0.2) is 0 Å². The molecule has 1 heterocycles. The molecule has 1 N–H and O–H groups in total. The average Bonchev–Trinajstić information content (AvgIpc) is 2.94. The molecule has 0 amide bonds. The lowest BCUT2D eigenvalue weighted by Crippen LogP contribution is -2.15. The van der Waals surface area contributed by atoms with Crippen LogP contribution >= 0.6 is 0 Å². The molecular weight excluding hydrogens is 220 g/mol. The molecule has 1 saturated carbocycles. The maximum absolute atomic E-state index is 4.51. The van der Waals surface area contributed by atoms with Gasteiger partial charge in [0.05, 0.1) is 0 Å². The number of pyridine rings is 1. The van der Waals surface area contributed by atoms with E-state index in [4.69, 9.17) is 0 Å². The summed E-state index contributed by atoms with van der Waals surface area (Å²) >= 11 is 0. The minimum atomic E-state index is 0.625. The standard InChI is InChI=1S/C16H18N2/c1-2-6-13(7-3-1)14-10-11-16(17-12-14)18-15-8-4-5-9-15/h1-3,6-7,10-12,15H,4-5,8-9H2,(H,17,18). The Kier molecular flexibility index (Phi) is 3.26. The highest BCUT2D eigenvalue weighted by Gasteiger charge is 2.14. The first kappa shape index (κ1) is 11.3. The predicted molar refractivity (Wildman–Crippen MR) is 75.6 cm³/mol. The lowest BCUT2D eigenvalue weighted by atomic mass is 10.1. The quantitative estimate of drug-likeness (QED) is 0.870. The van der Waals surface area contributed by atoms with Crippen LogP contribution in [-0.2, 0) is 0 Å². The Hall–Kier alpha value is -1.83. The van der Waals surface area contributed by atoms with Crippen molar-refractivity contribution in [2.45, 2.75) is 31.7 Å². The fourth-order valence-electron chi connectivity index (χ4n) is 2.56. The van der Waals surface area contributed by atoms with E-state index in [2.05, 4.69) is 46.7 Å². The summed E-state index contributed by atoms with van der Waals surface area (Å²) < 4.78 is 0. The van der Waals surface area contributed by atoms with Crippen LogP contribution in [0.15, 0.2) is 48.7 Å². The number of hydrogen-bond donors (Lipinski definition) is 1. The van der Waals surface area contributed by atoms with Crippen molar-refractivity contribution in [1.29, 1.82) is 0 Å². The zero-order valence-electron chi connectivity index (χ0n) is 10.5. The highest BCUT2D eigenvalue weighted by molar-refractivity contribution is 5.63. The maximum Gasteiger partial charge on any atom is 0.126 e. The van der Waals surface area contributed by atoms with E-state index in [-0.39, 0.29) is 0 Å². The lowest BCUT2D eigenvalue weighted by Gasteiger charge is -2.12. The number of nitrogens with zero attached hydrogens (tertiary/aromatic N) is 1. The van der Waals surface area contributed by atoms with Crippen LogP contribution in [0.25, 0.3) is 11.1 Å². The number of nitrogens with one attached hydrogen (secondary N) is 1. The molecule has 1 fully saturated rings. The molecule has 0 radical (unpaired) electrons. The van der Waals surface area contributed by atoms with Gasteiger partial charge in [0.1, 0.15) is 5.82 Å². The van der Waals surface area contributed by atoms with Crippen molar-refractivity contribution >= 4 is 5.82 Å². The highest BCUT2D eigenvalue weighted by Crippen LogP contribution is 2.23. The Labute approximate surface area is 108 Å². The van der Waals surface area contributed by atoms with Crippen molar-refractivity contribution in [2.75, 3.05) is 5.32 Å². The monoisotopic (exact) mass is 238 g/mol. The molecule has 1 aromatic heterocycles. The second-order valence-corrected chi connectivity index (χ2v) is 4.92. The second kappa shape index (κ2) is 5.21. The Morgan fingerprint density at radius 1 is 0.889 bits per heavy atom. The van der Waals surface area contributed by atoms with Gasteiger partial charge >= 0.3 is 0 Å². The fourth-order valence-corrected chi connectivity index (χ4v) is 2.56. The van der Waals surface area contributed by atoms with Gasteiger partial charge in [-0.2, -0.15) is 0 Å². The van der Waals surface area contributed by atoms with E-state index in [0.717, 1.165) is 5.82 Å². The summed E-state index contributed by atoms with van der Waals surface area (Å²) in [4.78, 5) is 4.51. The average molecular weight is 238 g/mol. The van der Waals surface area contributed by atoms with Gasteiger partial charge in [0, 0.05) is 17.8 Å². The van der Waals surface area contributed by atoms with Crippen molar-refractivity contribution in [3.63, 3.8) is 0 Å². The van der Waals surface area contributed by atoms with Gasteiger partial charge < -0.3 is 5.32 Å². The van der Waals surface area contributed by atoms with E-state index in [1.165, 1.54) is 36.8 Å². The van der Waals surface area contributed by atoms with E-state index >= 15 is 0 Å². The van der Waals surface area contributed by atoms with Crippen LogP contribution in [0.3, 0.4) is 0 Å². The van der Waals surface area contributed by atoms with Crippen molar-refractivity contribution in [2.24, 2.45) is 0 Å². The van der Waals surface area contributed by atoms with Crippen LogP contribution in [0.4, 0.5) is 5.82 Å². The van der Waals surface area contributed by atoms with E-state index in [1.54, 1.807) is 0 Å². The first-order valence-electron chi connectivity index (χ1n) is 6.70. The van der Waals surface area contributed by atoms with Crippen molar-refractivity contribution in [1.82, 2.24) is 4.98 Å². The van der Waals surface area contributed by atoms with Gasteiger partial charge in [-0.3, -0.25) is 0 Å². The van der Waals surface area contributed by atoms with Gasteiger partial charge in [0.2, 0.25) is 0 Å². The lowest BCUT2D eigenvalue weighted by molar-refractivity contribution is 0.750. The van der Waals surface area contributed by atoms with E-state index in [9.17, 15) is 0 Å². The SMILES string of the molecule is c1ccc(-c2ccc(NC3CCCC3)nc2)cc1. The van der Waals surface area contributed by atoms with Gasteiger partial charge in [-0.05, 0) is 30.5 Å². The normalized spacial score (nSPS) is 15.8. The third-order valence-electron chi connectivity index (χ3n) is 3.58. The fraction of sp³-hybridized carbons (Fsp3) is 0.312. The zero-order chi connectivity index (χ0) is 12.2. The Morgan fingerprint density at radius 3 is 2.33 bits per heavy atom. The first-order chi connectivity index (χ1) is 8.92. The van der Waals surface area contributed by atoms with Crippen LogP contribution in [-0.4, -0.2) is 11.0 Å². The van der Waals surface area contributed by atoms with Crippen molar-refractivity contribution in [3.8, 4) is 11.1 Å². The highest BCUT2D eigenvalue weighted by atomic mass is 15.0. The van der Waals surface area contributed by atoms with Crippen LogP contribution < -0.4 is 5.32 Å². The van der Waals surface area contributed by atoms with Gasteiger partial charge in [-0.25, -0.2) is 4.98 Å². The number of aromatic nitrogens is 1. The summed E-state index contributed by atoms with van der Waals surface area (Å²) in [5.74, 6) is 1.00. The summed E-state index contributed by atoms with van der Waals surface area (Å²) in [5, 5.41) is 3.51. The molecule has 2 nitrogen and oxygen atoms in total. The predicted octanol–water partition coefficient (Wildman–Crippen LogP) is 4.10. The Bertz CT molecular complexity index is 484. The molecule has 0 unspecified atom stereocenters. The number of anilines is 1. The summed E-state index contributed by atoms with van der Waals surface area (Å²) in [6.07, 6.45) is 7.20. The molecule has 3 rings (SSSR count). The number of hydrogen-bond acceptors (Lipinski definition) is 2. The molecule has 0 saturated heterocycles. The molecule has 0 atom stereocenters. The Balaban J connectivity index is 1.72. The van der Waals surface area contributed by atoms with E-state index in [1.807, 2.05) is 12.3 Å². The van der Waals surface area contributed by atoms with Gasteiger partial charge in [-0.1, -0.05) is 43.2 Å². The number of rotatable bonds is 3. The molecule has 1 aliphatic rings. The van der Waals surface area contributed by atoms with Crippen LogP contribution in [0, 0.1) is 0 Å². The third-order valence-corrected chi connectivity index (χ3v) is 3.58. The van der Waals surface area contributed by atoms with E-state index in [0.29, 0.717) is 6.04 Å². The van der Waals surface area contributed by atoms with Gasteiger partial charge in [0.25, 0.3) is 0 Å². The molecule has 1 aliphatic carbocycles. The minimum absolute atomic E-state index is 0.625. The van der Waals surface area contributed by atoms with Crippen molar-refractivity contribution in [3.05, 3.63) is 48.7 Å². The molecule has 0 bridgehead atoms. The largest absolute Gasteiger partial charge is 0.367 e. The van der Waals surface area contributed by atoms with Gasteiger partial charge in [-0.15, -0.1) is 0 Å². The topological polar surface area (TPSA) is 24.9 Å². The molecular formula is C16H18N2. The molecule has 0 aliphatic heterocycles. The van der Waals surface area contributed by atoms with E-state index < -0.39 is 0 Å². The van der Waals surface area contributed by atoms with Crippen LogP contribution in [0.5, 0.6) is 0 Å². The van der Waals surface area contributed by atoms with Crippen molar-refractivity contribution < 1.29 is 0 Å². The minimum Gasteiger partial charge on any atom is -0.367 e. The molecule has 0 spiro atoms. The molecule has 92 valence electrons. The summed E-state index contributed by atoms with van der Waals surface area (Å²) in [5.41, 5.74) is 2.39. The Morgan fingerprint density at radius 2 is 1.67 bits per heavy atom. The summed E-state index contributed by atoms with van der Waals surface area (Å²) in [6.45, 7) is 0. The van der Waals surface area contributed by atoms with Crippen LogP contribution in [0.1, 0.15) is 25.7 Å². The maximum atomic E-state index is 4.51. The zero-order valence-corrected chi connectivity index (χ0v) is 10.5. The summed E-state index contributed by atoms with van der Waals surface area (Å²) in [6, 6.07) is 15.2. The molecule has 1 aromatic carbocycles. The second-order valence-electron chi connectivity index (χ2n) is 4.92. The van der Waals surface area contributed by atoms with Crippen LogP contribution in [0.2, 0.25) is 0 Å².